The van der Waals surface area contributed by atoms with E-state index >= 15 is 0 Å². The van der Waals surface area contributed by atoms with Gasteiger partial charge in [0, 0.05) is 5.57 Å². The van der Waals surface area contributed by atoms with E-state index in [-0.39, 0.29) is 28.3 Å². The van der Waals surface area contributed by atoms with E-state index in [2.05, 4.69) is 0 Å². The zero-order chi connectivity index (χ0) is 17.9. The molecular formula is C18H14N4O2. The van der Waals surface area contributed by atoms with Gasteiger partial charge in [-0.3, -0.25) is 0 Å². The molecule has 0 atom stereocenters. The number of nitrogen functional groups attached to an aromatic ring is 1. The summed E-state index contributed by atoms with van der Waals surface area (Å²) in [6.45, 7) is 3.48. The zero-order valence-corrected chi connectivity index (χ0v) is 13.2. The predicted octanol–water partition coefficient (Wildman–Crippen LogP) is 2.92. The van der Waals surface area contributed by atoms with Gasteiger partial charge in [-0.2, -0.15) is 15.8 Å². The topological polar surface area (TPSA) is 127 Å². The van der Waals surface area contributed by atoms with Gasteiger partial charge < -0.3 is 15.6 Å². The fourth-order valence-corrected chi connectivity index (χ4v) is 2.33. The third kappa shape index (κ3) is 2.92. The molecule has 0 bridgehead atoms. The summed E-state index contributed by atoms with van der Waals surface area (Å²) in [7, 11) is 0. The van der Waals surface area contributed by atoms with Crippen LogP contribution < -0.4 is 5.73 Å². The van der Waals surface area contributed by atoms with Crippen LogP contribution in [0, 0.1) is 34.0 Å². The third-order valence-electron chi connectivity index (χ3n) is 3.56. The first-order valence-corrected chi connectivity index (χ1v) is 6.99. The van der Waals surface area contributed by atoms with E-state index in [0.29, 0.717) is 11.1 Å². The van der Waals surface area contributed by atoms with E-state index < -0.39 is 5.60 Å². The molecule has 0 radical (unpaired) electrons. The number of hydrogen-bond donors (Lipinski definition) is 2. The van der Waals surface area contributed by atoms with E-state index in [0.717, 1.165) is 0 Å². The van der Waals surface area contributed by atoms with Crippen LogP contribution in [-0.4, -0.2) is 10.7 Å². The van der Waals surface area contributed by atoms with Crippen LogP contribution in [-0.2, 0) is 4.74 Å². The summed E-state index contributed by atoms with van der Waals surface area (Å²) in [5.41, 5.74) is 6.09. The minimum atomic E-state index is -0.869. The molecule has 24 heavy (non-hydrogen) atoms. The van der Waals surface area contributed by atoms with Crippen LogP contribution in [0.15, 0.2) is 46.8 Å². The van der Waals surface area contributed by atoms with E-state index in [1.165, 1.54) is 6.07 Å². The lowest BCUT2D eigenvalue weighted by Crippen LogP contribution is -2.20. The molecule has 0 aromatic heterocycles. The maximum Gasteiger partial charge on any atom is 0.172 e. The summed E-state index contributed by atoms with van der Waals surface area (Å²) in [5, 5.41) is 37.1. The number of nitrogens with two attached hydrogens (primary N) is 1. The van der Waals surface area contributed by atoms with Gasteiger partial charge in [-0.25, -0.2) is 0 Å². The highest BCUT2D eigenvalue weighted by atomic mass is 16.5. The average Bonchev–Trinajstić information content (AvgIpc) is 2.80. The summed E-state index contributed by atoms with van der Waals surface area (Å²) in [5.74, 6) is -0.0438. The molecule has 0 saturated carbocycles. The molecule has 1 heterocycles. The molecule has 0 amide bonds. The van der Waals surface area contributed by atoms with Gasteiger partial charge in [-0.15, -0.1) is 0 Å². The van der Waals surface area contributed by atoms with Crippen LogP contribution >= 0.6 is 0 Å². The number of aromatic hydroxyl groups is 1. The highest BCUT2D eigenvalue weighted by Crippen LogP contribution is 2.40. The first kappa shape index (κ1) is 16.7. The van der Waals surface area contributed by atoms with Crippen molar-refractivity contribution in [1.29, 1.82) is 15.8 Å². The third-order valence-corrected chi connectivity index (χ3v) is 3.56. The van der Waals surface area contributed by atoms with Crippen molar-refractivity contribution in [2.24, 2.45) is 0 Å². The highest BCUT2D eigenvalue weighted by molar-refractivity contribution is 5.66. The Labute approximate surface area is 139 Å². The molecule has 0 fully saturated rings. The Hall–Kier alpha value is -3.69. The summed E-state index contributed by atoms with van der Waals surface area (Å²) < 4.78 is 5.66. The summed E-state index contributed by atoms with van der Waals surface area (Å²) >= 11 is 0. The minimum Gasteiger partial charge on any atom is -0.506 e. The molecule has 1 aromatic carbocycles. The van der Waals surface area contributed by atoms with Crippen LogP contribution in [0.5, 0.6) is 5.75 Å². The van der Waals surface area contributed by atoms with Crippen molar-refractivity contribution in [2.75, 3.05) is 5.73 Å². The molecule has 0 spiro atoms. The van der Waals surface area contributed by atoms with Gasteiger partial charge in [-0.05, 0) is 31.5 Å². The first-order valence-electron chi connectivity index (χ1n) is 6.99. The molecule has 1 aromatic rings. The zero-order valence-electron chi connectivity index (χ0n) is 13.2. The second-order valence-corrected chi connectivity index (χ2v) is 5.59. The normalized spacial score (nSPS) is 15.5. The van der Waals surface area contributed by atoms with E-state index in [1.54, 1.807) is 50.3 Å². The second kappa shape index (κ2) is 6.20. The average molecular weight is 318 g/mol. The van der Waals surface area contributed by atoms with Crippen molar-refractivity contribution in [2.45, 2.75) is 19.4 Å². The molecular weight excluding hydrogens is 304 g/mol. The maximum absolute atomic E-state index is 9.64. The van der Waals surface area contributed by atoms with Crippen LogP contribution in [0.25, 0.3) is 6.08 Å². The Morgan fingerprint density at radius 2 is 1.88 bits per heavy atom. The Balaban J connectivity index is 2.55. The monoisotopic (exact) mass is 318 g/mol. The standard InChI is InChI=1S/C18H14N4O2/c1-18(2)14(5-3-11-4-6-15(22)16(23)7-11)13(10-21)17(24-18)12(8-19)9-20/h3-7,23H,22H2,1-2H3/b5-3+. The molecule has 0 saturated heterocycles. The number of anilines is 1. The van der Waals surface area contributed by atoms with Crippen molar-refractivity contribution in [3.63, 3.8) is 0 Å². The van der Waals surface area contributed by atoms with E-state index in [9.17, 15) is 10.4 Å². The van der Waals surface area contributed by atoms with Crippen molar-refractivity contribution in [1.82, 2.24) is 0 Å². The quantitative estimate of drug-likeness (QED) is 0.490. The van der Waals surface area contributed by atoms with Crippen molar-refractivity contribution < 1.29 is 9.84 Å². The van der Waals surface area contributed by atoms with Crippen LogP contribution in [0.4, 0.5) is 5.69 Å². The minimum absolute atomic E-state index is 0.00713. The van der Waals surface area contributed by atoms with Crippen molar-refractivity contribution >= 4 is 11.8 Å². The fraction of sp³-hybridized carbons (Fsp3) is 0.167. The Kier molecular flexibility index (Phi) is 4.31. The van der Waals surface area contributed by atoms with Gasteiger partial charge in [-0.1, -0.05) is 18.2 Å². The van der Waals surface area contributed by atoms with Crippen LogP contribution in [0.3, 0.4) is 0 Å². The second-order valence-electron chi connectivity index (χ2n) is 5.59. The summed E-state index contributed by atoms with van der Waals surface area (Å²) in [6, 6.07) is 10.3. The van der Waals surface area contributed by atoms with Gasteiger partial charge >= 0.3 is 0 Å². The Morgan fingerprint density at radius 3 is 2.42 bits per heavy atom. The molecule has 2 rings (SSSR count). The first-order chi connectivity index (χ1) is 11.3. The summed E-state index contributed by atoms with van der Waals surface area (Å²) in [4.78, 5) is 0. The van der Waals surface area contributed by atoms with Crippen LogP contribution in [0.2, 0.25) is 0 Å². The van der Waals surface area contributed by atoms with Crippen molar-refractivity contribution in [3.8, 4) is 24.0 Å². The van der Waals surface area contributed by atoms with E-state index in [4.69, 9.17) is 21.0 Å². The van der Waals surface area contributed by atoms with Crippen LogP contribution in [0.1, 0.15) is 19.4 Å². The Morgan fingerprint density at radius 1 is 1.21 bits per heavy atom. The number of rotatable bonds is 2. The number of phenols is 1. The smallest absolute Gasteiger partial charge is 0.172 e. The largest absolute Gasteiger partial charge is 0.506 e. The van der Waals surface area contributed by atoms with Gasteiger partial charge in [0.15, 0.2) is 11.3 Å². The number of hydrogen-bond acceptors (Lipinski definition) is 6. The number of allylic oxidation sites excluding steroid dienone is 2. The lowest BCUT2D eigenvalue weighted by atomic mass is 9.94. The number of benzene rings is 1. The molecule has 6 nitrogen and oxygen atoms in total. The molecule has 1 aliphatic rings. The molecule has 6 heteroatoms. The highest BCUT2D eigenvalue weighted by Gasteiger charge is 2.38. The molecule has 118 valence electrons. The fourth-order valence-electron chi connectivity index (χ4n) is 2.33. The van der Waals surface area contributed by atoms with Gasteiger partial charge in [0.1, 0.15) is 35.1 Å². The predicted molar refractivity (Wildman–Crippen MR) is 87.6 cm³/mol. The lowest BCUT2D eigenvalue weighted by Gasteiger charge is -2.20. The SMILES string of the molecule is CC1(C)OC(=C(C#N)C#N)C(C#N)=C1/C=C/c1ccc(N)c(O)c1. The lowest BCUT2D eigenvalue weighted by molar-refractivity contribution is 0.0954. The molecule has 1 aliphatic heterocycles. The van der Waals surface area contributed by atoms with Gasteiger partial charge in [0.05, 0.1) is 5.69 Å². The number of nitrogens with zero attached hydrogens (tertiary/aromatic N) is 3. The number of ether oxygens (including phenoxy) is 1. The van der Waals surface area contributed by atoms with E-state index in [1.807, 2.05) is 6.07 Å². The molecule has 3 N–H and O–H groups in total. The number of phenolic OH excluding ortho intramolecular Hbond substituents is 1. The van der Waals surface area contributed by atoms with Crippen molar-refractivity contribution in [3.05, 3.63) is 52.3 Å². The molecule has 0 unspecified atom stereocenters. The summed E-state index contributed by atoms with van der Waals surface area (Å²) in [6.07, 6.45) is 3.36. The van der Waals surface area contributed by atoms with Gasteiger partial charge in [0.25, 0.3) is 0 Å². The van der Waals surface area contributed by atoms with Gasteiger partial charge in [0.2, 0.25) is 0 Å². The number of nitriles is 3. The molecule has 0 aliphatic carbocycles. The maximum atomic E-state index is 9.64. The Bertz CT molecular complexity index is 900.